The minimum atomic E-state index is 0.671. The maximum Gasteiger partial charge on any atom is 0.137 e. The van der Waals surface area contributed by atoms with Crippen LogP contribution in [0.4, 0.5) is 0 Å². The Bertz CT molecular complexity index is 344. The van der Waals surface area contributed by atoms with Gasteiger partial charge in [-0.3, -0.25) is 0 Å². The van der Waals surface area contributed by atoms with Crippen molar-refractivity contribution in [2.24, 2.45) is 0 Å². The van der Waals surface area contributed by atoms with Gasteiger partial charge in [0.15, 0.2) is 0 Å². The fraction of sp³-hybridized carbons (Fsp3) is 0.538. The van der Waals surface area contributed by atoms with Crippen molar-refractivity contribution in [3.05, 3.63) is 28.8 Å². The molecule has 0 bridgehead atoms. The highest BCUT2D eigenvalue weighted by atomic mass is 35.5. The second kappa shape index (κ2) is 7.54. The van der Waals surface area contributed by atoms with Gasteiger partial charge in [-0.15, -0.1) is 0 Å². The Kier molecular flexibility index (Phi) is 6.34. The molecule has 1 N–H and O–H groups in total. The van der Waals surface area contributed by atoms with E-state index in [1.54, 1.807) is 7.11 Å². The van der Waals surface area contributed by atoms with E-state index in [2.05, 4.69) is 30.3 Å². The third-order valence-electron chi connectivity index (χ3n) is 2.59. The molecule has 3 nitrogen and oxygen atoms in total. The first-order valence-electron chi connectivity index (χ1n) is 5.89. The van der Waals surface area contributed by atoms with Crippen LogP contribution in [0.1, 0.15) is 12.5 Å². The Morgan fingerprint density at radius 1 is 1.41 bits per heavy atom. The van der Waals surface area contributed by atoms with E-state index in [0.29, 0.717) is 5.02 Å². The van der Waals surface area contributed by atoms with Crippen molar-refractivity contribution in [1.29, 1.82) is 0 Å². The second-order valence-electron chi connectivity index (χ2n) is 4.06. The molecule has 96 valence electrons. The van der Waals surface area contributed by atoms with Crippen molar-refractivity contribution >= 4 is 11.6 Å². The van der Waals surface area contributed by atoms with Gasteiger partial charge in [0.05, 0.1) is 12.1 Å². The zero-order chi connectivity index (χ0) is 12.7. The molecule has 0 aliphatic heterocycles. The van der Waals surface area contributed by atoms with Crippen LogP contribution >= 0.6 is 11.6 Å². The maximum absolute atomic E-state index is 6.08. The number of ether oxygens (including phenoxy) is 1. The first-order chi connectivity index (χ1) is 8.17. The van der Waals surface area contributed by atoms with Gasteiger partial charge in [-0.2, -0.15) is 0 Å². The smallest absolute Gasteiger partial charge is 0.137 e. The van der Waals surface area contributed by atoms with Crippen molar-refractivity contribution in [3.8, 4) is 5.75 Å². The molecule has 0 amide bonds. The topological polar surface area (TPSA) is 24.5 Å². The van der Waals surface area contributed by atoms with Crippen molar-refractivity contribution < 1.29 is 4.74 Å². The number of rotatable bonds is 7. The van der Waals surface area contributed by atoms with Crippen molar-refractivity contribution in [3.63, 3.8) is 0 Å². The molecule has 0 saturated heterocycles. The number of nitrogens with one attached hydrogen (secondary N) is 1. The molecule has 0 aliphatic rings. The van der Waals surface area contributed by atoms with Gasteiger partial charge in [-0.05, 0) is 31.3 Å². The van der Waals surface area contributed by atoms with Gasteiger partial charge >= 0.3 is 0 Å². The summed E-state index contributed by atoms with van der Waals surface area (Å²) in [5, 5.41) is 3.98. The van der Waals surface area contributed by atoms with Crippen molar-refractivity contribution in [2.75, 3.05) is 33.8 Å². The lowest BCUT2D eigenvalue weighted by molar-refractivity contribution is 0.325. The quantitative estimate of drug-likeness (QED) is 0.759. The number of nitrogens with zero attached hydrogens (tertiary/aromatic N) is 1. The lowest BCUT2D eigenvalue weighted by Gasteiger charge is -2.17. The van der Waals surface area contributed by atoms with Crippen molar-refractivity contribution in [1.82, 2.24) is 10.2 Å². The summed E-state index contributed by atoms with van der Waals surface area (Å²) in [7, 11) is 3.74. The van der Waals surface area contributed by atoms with E-state index < -0.39 is 0 Å². The maximum atomic E-state index is 6.08. The number of hydrogen-bond acceptors (Lipinski definition) is 3. The van der Waals surface area contributed by atoms with Crippen LogP contribution in [0.2, 0.25) is 5.02 Å². The van der Waals surface area contributed by atoms with Gasteiger partial charge in [-0.25, -0.2) is 0 Å². The fourth-order valence-corrected chi connectivity index (χ4v) is 1.93. The van der Waals surface area contributed by atoms with Gasteiger partial charge in [0.2, 0.25) is 0 Å². The van der Waals surface area contributed by atoms with Gasteiger partial charge in [0.1, 0.15) is 5.75 Å². The minimum Gasteiger partial charge on any atom is -0.495 e. The lowest BCUT2D eigenvalue weighted by atomic mass is 10.2. The standard InChI is InChI=1S/C13H21ClN2O/c1-4-15-7-8-16(2)10-11-5-6-13(17-3)12(14)9-11/h5-6,9,15H,4,7-8,10H2,1-3H3. The van der Waals surface area contributed by atoms with Gasteiger partial charge in [0.25, 0.3) is 0 Å². The van der Waals surface area contributed by atoms with E-state index in [1.165, 1.54) is 5.56 Å². The van der Waals surface area contributed by atoms with Crippen LogP contribution in [0, 0.1) is 0 Å². The summed E-state index contributed by atoms with van der Waals surface area (Å²) in [6.45, 7) is 6.06. The van der Waals surface area contributed by atoms with Crippen LogP contribution in [-0.2, 0) is 6.54 Å². The molecule has 0 atom stereocenters. The molecule has 1 aromatic rings. The van der Waals surface area contributed by atoms with Crippen LogP contribution in [0.25, 0.3) is 0 Å². The second-order valence-corrected chi connectivity index (χ2v) is 4.47. The van der Waals surface area contributed by atoms with Crippen LogP contribution in [0.3, 0.4) is 0 Å². The van der Waals surface area contributed by atoms with E-state index in [4.69, 9.17) is 16.3 Å². The Morgan fingerprint density at radius 3 is 2.76 bits per heavy atom. The van der Waals surface area contributed by atoms with Gasteiger partial charge in [-0.1, -0.05) is 24.6 Å². The van der Waals surface area contributed by atoms with E-state index in [0.717, 1.165) is 31.9 Å². The van der Waals surface area contributed by atoms with E-state index in [-0.39, 0.29) is 0 Å². The number of benzene rings is 1. The first-order valence-corrected chi connectivity index (χ1v) is 6.26. The third-order valence-corrected chi connectivity index (χ3v) is 2.88. The summed E-state index contributed by atoms with van der Waals surface area (Å²) in [6, 6.07) is 5.93. The molecule has 0 fully saturated rings. The largest absolute Gasteiger partial charge is 0.495 e. The average molecular weight is 257 g/mol. The van der Waals surface area contributed by atoms with Crippen molar-refractivity contribution in [2.45, 2.75) is 13.5 Å². The number of halogens is 1. The molecule has 0 aliphatic carbocycles. The molecule has 17 heavy (non-hydrogen) atoms. The molecule has 0 heterocycles. The average Bonchev–Trinajstić information content (AvgIpc) is 2.29. The molecule has 0 radical (unpaired) electrons. The number of methoxy groups -OCH3 is 1. The zero-order valence-electron chi connectivity index (χ0n) is 10.8. The predicted octanol–water partition coefficient (Wildman–Crippen LogP) is 2.39. The van der Waals surface area contributed by atoms with Crippen LogP contribution in [0.15, 0.2) is 18.2 Å². The summed E-state index contributed by atoms with van der Waals surface area (Å²) in [4.78, 5) is 2.26. The van der Waals surface area contributed by atoms with E-state index >= 15 is 0 Å². The molecular weight excluding hydrogens is 236 g/mol. The Hall–Kier alpha value is -0.770. The predicted molar refractivity (Wildman–Crippen MR) is 72.9 cm³/mol. The molecule has 1 aromatic carbocycles. The normalized spacial score (nSPS) is 10.9. The van der Waals surface area contributed by atoms with Crippen LogP contribution in [0.5, 0.6) is 5.75 Å². The summed E-state index contributed by atoms with van der Waals surface area (Å²) in [5.74, 6) is 0.728. The Labute approximate surface area is 109 Å². The number of hydrogen-bond donors (Lipinski definition) is 1. The first kappa shape index (κ1) is 14.3. The Morgan fingerprint density at radius 2 is 2.18 bits per heavy atom. The summed E-state index contributed by atoms with van der Waals surface area (Å²) in [6.07, 6.45) is 0. The monoisotopic (exact) mass is 256 g/mol. The molecule has 0 unspecified atom stereocenters. The third kappa shape index (κ3) is 4.94. The highest BCUT2D eigenvalue weighted by Crippen LogP contribution is 2.25. The lowest BCUT2D eigenvalue weighted by Crippen LogP contribution is -2.28. The summed E-state index contributed by atoms with van der Waals surface area (Å²) >= 11 is 6.08. The molecule has 0 spiro atoms. The van der Waals surface area contributed by atoms with Gasteiger partial charge in [0, 0.05) is 19.6 Å². The van der Waals surface area contributed by atoms with Gasteiger partial charge < -0.3 is 15.0 Å². The van der Waals surface area contributed by atoms with Crippen LogP contribution < -0.4 is 10.1 Å². The molecule has 0 saturated carbocycles. The molecule has 1 rings (SSSR count). The highest BCUT2D eigenvalue weighted by molar-refractivity contribution is 6.32. The molecule has 4 heteroatoms. The number of likely N-dealkylation sites (N-methyl/N-ethyl adjacent to an activating group) is 2. The Balaban J connectivity index is 2.48. The zero-order valence-corrected chi connectivity index (χ0v) is 11.5. The summed E-state index contributed by atoms with van der Waals surface area (Å²) < 4.78 is 5.13. The fourth-order valence-electron chi connectivity index (χ4n) is 1.65. The molecule has 0 aromatic heterocycles. The SMILES string of the molecule is CCNCCN(C)Cc1ccc(OC)c(Cl)c1. The summed E-state index contributed by atoms with van der Waals surface area (Å²) in [5.41, 5.74) is 1.20. The molecular formula is C13H21ClN2O. The minimum absolute atomic E-state index is 0.671. The van der Waals surface area contributed by atoms with E-state index in [9.17, 15) is 0 Å². The van der Waals surface area contributed by atoms with E-state index in [1.807, 2.05) is 12.1 Å². The highest BCUT2D eigenvalue weighted by Gasteiger charge is 2.04. The van der Waals surface area contributed by atoms with Crippen LogP contribution in [-0.4, -0.2) is 38.7 Å².